The minimum Gasteiger partial charge on any atom is -0.347 e. The van der Waals surface area contributed by atoms with Crippen molar-refractivity contribution in [2.45, 2.75) is 18.9 Å². The second-order valence-corrected chi connectivity index (χ2v) is 8.36. The number of thiophene rings is 1. The van der Waals surface area contributed by atoms with Crippen LogP contribution in [-0.4, -0.2) is 36.5 Å². The van der Waals surface area contributed by atoms with Gasteiger partial charge in [-0.1, -0.05) is 29.8 Å². The topological polar surface area (TPSA) is 32.3 Å². The minimum atomic E-state index is 0.0613. The molecule has 2 aromatic rings. The molecule has 3 nitrogen and oxygen atoms in total. The van der Waals surface area contributed by atoms with E-state index < -0.39 is 0 Å². The van der Waals surface area contributed by atoms with Crippen molar-refractivity contribution in [3.8, 4) is 0 Å². The van der Waals surface area contributed by atoms with E-state index in [0.29, 0.717) is 12.0 Å². The Hall–Kier alpha value is -1.62. The Morgan fingerprint density at radius 3 is 2.76 bits per heavy atom. The van der Waals surface area contributed by atoms with E-state index in [0.717, 1.165) is 26.9 Å². The summed E-state index contributed by atoms with van der Waals surface area (Å²) < 4.78 is 0. The predicted octanol–water partition coefficient (Wildman–Crippen LogP) is 4.40. The maximum atomic E-state index is 12.6. The van der Waals surface area contributed by atoms with Crippen LogP contribution >= 0.6 is 22.9 Å². The van der Waals surface area contributed by atoms with E-state index in [1.54, 1.807) is 0 Å². The third-order valence-electron chi connectivity index (χ3n) is 5.11. The zero-order chi connectivity index (χ0) is 17.2. The number of piperidine rings is 3. The van der Waals surface area contributed by atoms with Crippen molar-refractivity contribution in [2.24, 2.45) is 5.92 Å². The van der Waals surface area contributed by atoms with Crippen LogP contribution < -0.4 is 5.32 Å². The third kappa shape index (κ3) is 3.97. The monoisotopic (exact) mass is 372 g/mol. The Kier molecular flexibility index (Phi) is 4.93. The molecule has 2 bridgehead atoms. The van der Waals surface area contributed by atoms with Gasteiger partial charge < -0.3 is 10.2 Å². The first kappa shape index (κ1) is 16.8. The maximum Gasteiger partial charge on any atom is 0.261 e. The molecule has 1 N–H and O–H groups in total. The van der Waals surface area contributed by atoms with E-state index >= 15 is 0 Å². The molecule has 5 rings (SSSR count). The molecule has 1 amide bonds. The maximum absolute atomic E-state index is 12.6. The number of rotatable bonds is 4. The SMILES string of the molecule is O=C(N[C@H]1CN2CCC1CC2)c1ccc(/C=C/c2cccc(Cl)c2)s1. The van der Waals surface area contributed by atoms with Crippen molar-refractivity contribution in [3.63, 3.8) is 0 Å². The fourth-order valence-corrected chi connectivity index (χ4v) is 4.73. The number of benzene rings is 1. The van der Waals surface area contributed by atoms with Gasteiger partial charge in [-0.05, 0) is 67.8 Å². The lowest BCUT2D eigenvalue weighted by Crippen LogP contribution is -2.57. The molecule has 3 aliphatic heterocycles. The van der Waals surface area contributed by atoms with Crippen LogP contribution in [0.2, 0.25) is 5.02 Å². The quantitative estimate of drug-likeness (QED) is 0.862. The lowest BCUT2D eigenvalue weighted by Gasteiger charge is -2.44. The van der Waals surface area contributed by atoms with Crippen LogP contribution in [0.5, 0.6) is 0 Å². The summed E-state index contributed by atoms with van der Waals surface area (Å²) >= 11 is 7.53. The van der Waals surface area contributed by atoms with Crippen molar-refractivity contribution in [2.75, 3.05) is 19.6 Å². The van der Waals surface area contributed by atoms with Crippen LogP contribution in [0.3, 0.4) is 0 Å². The smallest absolute Gasteiger partial charge is 0.261 e. The molecule has 1 aromatic heterocycles. The van der Waals surface area contributed by atoms with Crippen molar-refractivity contribution in [1.82, 2.24) is 10.2 Å². The molecular weight excluding hydrogens is 352 g/mol. The molecular formula is C20H21ClN2OS. The molecule has 1 aromatic carbocycles. The van der Waals surface area contributed by atoms with Gasteiger partial charge in [-0.25, -0.2) is 0 Å². The summed E-state index contributed by atoms with van der Waals surface area (Å²) in [7, 11) is 0. The number of fused-ring (bicyclic) bond motifs is 3. The molecule has 3 aliphatic rings. The Balaban J connectivity index is 1.39. The molecule has 130 valence electrons. The van der Waals surface area contributed by atoms with E-state index in [4.69, 9.17) is 11.6 Å². The van der Waals surface area contributed by atoms with E-state index in [1.807, 2.05) is 48.6 Å². The Labute approximate surface area is 157 Å². The van der Waals surface area contributed by atoms with Crippen LogP contribution in [0, 0.1) is 5.92 Å². The zero-order valence-electron chi connectivity index (χ0n) is 14.0. The number of hydrogen-bond acceptors (Lipinski definition) is 3. The van der Waals surface area contributed by atoms with Crippen molar-refractivity contribution in [1.29, 1.82) is 0 Å². The molecule has 0 spiro atoms. The van der Waals surface area contributed by atoms with Crippen LogP contribution in [0.15, 0.2) is 36.4 Å². The zero-order valence-corrected chi connectivity index (χ0v) is 15.5. The Morgan fingerprint density at radius 2 is 2.04 bits per heavy atom. The number of carbonyl (C=O) groups is 1. The van der Waals surface area contributed by atoms with E-state index in [1.165, 1.54) is 37.3 Å². The fourth-order valence-electron chi connectivity index (χ4n) is 3.72. The molecule has 1 atom stereocenters. The molecule has 3 saturated heterocycles. The highest BCUT2D eigenvalue weighted by Crippen LogP contribution is 2.28. The van der Waals surface area contributed by atoms with Crippen LogP contribution in [0.4, 0.5) is 0 Å². The predicted molar refractivity (Wildman–Crippen MR) is 105 cm³/mol. The molecule has 0 aliphatic carbocycles. The van der Waals surface area contributed by atoms with Gasteiger partial charge in [-0.2, -0.15) is 0 Å². The lowest BCUT2D eigenvalue weighted by molar-refractivity contribution is 0.0622. The minimum absolute atomic E-state index is 0.0613. The van der Waals surface area contributed by atoms with Gasteiger partial charge in [0.15, 0.2) is 0 Å². The van der Waals surface area contributed by atoms with Gasteiger partial charge in [0.25, 0.3) is 5.91 Å². The molecule has 5 heteroatoms. The Morgan fingerprint density at radius 1 is 1.20 bits per heavy atom. The highest BCUT2D eigenvalue weighted by Gasteiger charge is 2.35. The van der Waals surface area contributed by atoms with E-state index in [9.17, 15) is 4.79 Å². The standard InChI is InChI=1S/C20H21ClN2OS/c21-16-3-1-2-14(12-16)4-5-17-6-7-19(25-17)20(24)22-18-13-23-10-8-15(18)9-11-23/h1-7,12,15,18H,8-11,13H2,(H,22,24)/b5-4+/t18-/m0/s1. The first-order valence-electron chi connectivity index (χ1n) is 8.74. The largest absolute Gasteiger partial charge is 0.347 e. The normalized spacial score (nSPS) is 25.4. The van der Waals surface area contributed by atoms with Gasteiger partial charge in [0, 0.05) is 22.5 Å². The lowest BCUT2D eigenvalue weighted by atomic mass is 9.84. The molecule has 0 unspecified atom stereocenters. The summed E-state index contributed by atoms with van der Waals surface area (Å²) in [5.41, 5.74) is 1.05. The van der Waals surface area contributed by atoms with Gasteiger partial charge in [-0.15, -0.1) is 11.3 Å². The number of nitrogens with zero attached hydrogens (tertiary/aromatic N) is 1. The van der Waals surface area contributed by atoms with Gasteiger partial charge in [0.1, 0.15) is 0 Å². The number of hydrogen-bond donors (Lipinski definition) is 1. The highest BCUT2D eigenvalue weighted by atomic mass is 35.5. The summed E-state index contributed by atoms with van der Waals surface area (Å²) in [4.78, 5) is 16.9. The molecule has 25 heavy (non-hydrogen) atoms. The second-order valence-electron chi connectivity index (χ2n) is 6.81. The molecule has 0 saturated carbocycles. The first-order valence-corrected chi connectivity index (χ1v) is 9.93. The van der Waals surface area contributed by atoms with Crippen LogP contribution in [-0.2, 0) is 0 Å². The summed E-state index contributed by atoms with van der Waals surface area (Å²) in [6.07, 6.45) is 6.47. The summed E-state index contributed by atoms with van der Waals surface area (Å²) in [6.45, 7) is 3.38. The summed E-state index contributed by atoms with van der Waals surface area (Å²) in [5, 5.41) is 3.98. The summed E-state index contributed by atoms with van der Waals surface area (Å²) in [5.74, 6) is 0.710. The van der Waals surface area contributed by atoms with Crippen molar-refractivity contribution < 1.29 is 4.79 Å². The molecule has 3 fully saturated rings. The van der Waals surface area contributed by atoms with Gasteiger partial charge in [0.2, 0.25) is 0 Å². The number of carbonyl (C=O) groups excluding carboxylic acids is 1. The second kappa shape index (κ2) is 7.32. The number of nitrogens with one attached hydrogen (secondary N) is 1. The average Bonchev–Trinajstić information content (AvgIpc) is 3.10. The third-order valence-corrected chi connectivity index (χ3v) is 6.40. The molecule has 0 radical (unpaired) electrons. The van der Waals surface area contributed by atoms with E-state index in [-0.39, 0.29) is 5.91 Å². The fraction of sp³-hybridized carbons (Fsp3) is 0.350. The number of halogens is 1. The van der Waals surface area contributed by atoms with E-state index in [2.05, 4.69) is 10.2 Å². The van der Waals surface area contributed by atoms with Crippen molar-refractivity contribution >= 4 is 41.0 Å². The van der Waals surface area contributed by atoms with Gasteiger partial charge in [-0.3, -0.25) is 4.79 Å². The molecule has 4 heterocycles. The van der Waals surface area contributed by atoms with Crippen LogP contribution in [0.25, 0.3) is 12.2 Å². The number of amides is 1. The Bertz CT molecular complexity index is 792. The summed E-state index contributed by atoms with van der Waals surface area (Å²) in [6, 6.07) is 12.0. The first-order chi connectivity index (χ1) is 12.2. The highest BCUT2D eigenvalue weighted by molar-refractivity contribution is 7.14. The van der Waals surface area contributed by atoms with Gasteiger partial charge >= 0.3 is 0 Å². The van der Waals surface area contributed by atoms with Crippen molar-refractivity contribution in [3.05, 3.63) is 56.7 Å². The van der Waals surface area contributed by atoms with Crippen LogP contribution in [0.1, 0.15) is 33.0 Å². The average molecular weight is 373 g/mol. The van der Waals surface area contributed by atoms with Gasteiger partial charge in [0.05, 0.1) is 4.88 Å².